The van der Waals surface area contributed by atoms with Crippen LogP contribution in [0.4, 0.5) is 0 Å². The van der Waals surface area contributed by atoms with Gasteiger partial charge in [0.15, 0.2) is 0 Å². The zero-order valence-corrected chi connectivity index (χ0v) is 7.95. The molecule has 0 atom stereocenters. The molecule has 0 radical (unpaired) electrons. The Bertz CT molecular complexity index is 140. The number of hydrogen-bond acceptors (Lipinski definition) is 0. The van der Waals surface area contributed by atoms with Crippen LogP contribution in [0.5, 0.6) is 0 Å². The molecule has 0 amide bonds. The van der Waals surface area contributed by atoms with Crippen LogP contribution in [0.15, 0.2) is 12.2 Å². The van der Waals surface area contributed by atoms with Crippen LogP contribution >= 0.6 is 0 Å². The van der Waals surface area contributed by atoms with Gasteiger partial charge in [0.25, 0.3) is 0 Å². The van der Waals surface area contributed by atoms with Gasteiger partial charge in [-0.3, -0.25) is 0 Å². The van der Waals surface area contributed by atoms with Gasteiger partial charge in [0.2, 0.25) is 0 Å². The standard InChI is InChI=1S/C11H20/c1-10(2)6-4-7-11(3)8-5-9-11/h1,4-9H2,2-3H3. The molecule has 0 heteroatoms. The fraction of sp³-hybridized carbons (Fsp3) is 0.818. The van der Waals surface area contributed by atoms with Crippen molar-refractivity contribution in [1.29, 1.82) is 0 Å². The van der Waals surface area contributed by atoms with Gasteiger partial charge in [-0.25, -0.2) is 0 Å². The van der Waals surface area contributed by atoms with E-state index in [1.54, 1.807) is 0 Å². The van der Waals surface area contributed by atoms with E-state index in [0.717, 1.165) is 5.41 Å². The van der Waals surface area contributed by atoms with E-state index in [0.29, 0.717) is 0 Å². The highest BCUT2D eigenvalue weighted by Gasteiger charge is 2.30. The number of rotatable bonds is 4. The maximum Gasteiger partial charge on any atom is -0.0326 e. The van der Waals surface area contributed by atoms with Gasteiger partial charge >= 0.3 is 0 Å². The first-order valence-corrected chi connectivity index (χ1v) is 4.77. The Morgan fingerprint density at radius 1 is 1.45 bits per heavy atom. The lowest BCUT2D eigenvalue weighted by molar-refractivity contribution is 0.143. The van der Waals surface area contributed by atoms with Gasteiger partial charge in [0, 0.05) is 0 Å². The summed E-state index contributed by atoms with van der Waals surface area (Å²) in [5, 5.41) is 0. The van der Waals surface area contributed by atoms with E-state index in [2.05, 4.69) is 20.4 Å². The Balaban J connectivity index is 2.07. The van der Waals surface area contributed by atoms with Crippen molar-refractivity contribution in [3.05, 3.63) is 12.2 Å². The first kappa shape index (κ1) is 8.83. The molecule has 0 aromatic carbocycles. The zero-order valence-electron chi connectivity index (χ0n) is 7.95. The van der Waals surface area contributed by atoms with Gasteiger partial charge < -0.3 is 0 Å². The molecule has 1 aliphatic carbocycles. The van der Waals surface area contributed by atoms with Crippen LogP contribution in [0, 0.1) is 5.41 Å². The highest BCUT2D eigenvalue weighted by molar-refractivity contribution is 4.90. The third-order valence-electron chi connectivity index (χ3n) is 2.94. The second kappa shape index (κ2) is 3.42. The van der Waals surface area contributed by atoms with E-state index in [1.807, 2.05) is 0 Å². The van der Waals surface area contributed by atoms with E-state index >= 15 is 0 Å². The van der Waals surface area contributed by atoms with Crippen LogP contribution in [-0.2, 0) is 0 Å². The van der Waals surface area contributed by atoms with Crippen LogP contribution in [0.2, 0.25) is 0 Å². The molecule has 0 N–H and O–H groups in total. The average Bonchev–Trinajstić information content (AvgIpc) is 1.83. The van der Waals surface area contributed by atoms with Crippen LogP contribution in [-0.4, -0.2) is 0 Å². The second-order valence-electron chi connectivity index (χ2n) is 4.47. The van der Waals surface area contributed by atoms with Crippen LogP contribution < -0.4 is 0 Å². The number of hydrogen-bond donors (Lipinski definition) is 0. The summed E-state index contributed by atoms with van der Waals surface area (Å²) in [7, 11) is 0. The predicted octanol–water partition coefficient (Wildman–Crippen LogP) is 3.92. The largest absolute Gasteiger partial charge is 0.100 e. The van der Waals surface area contributed by atoms with Crippen molar-refractivity contribution in [2.24, 2.45) is 5.41 Å². The SMILES string of the molecule is C=C(C)CCCC1(C)CCC1. The van der Waals surface area contributed by atoms with Crippen molar-refractivity contribution in [1.82, 2.24) is 0 Å². The summed E-state index contributed by atoms with van der Waals surface area (Å²) in [6.45, 7) is 8.47. The molecule has 0 saturated heterocycles. The molecule has 64 valence electrons. The average molecular weight is 152 g/mol. The smallest absolute Gasteiger partial charge is 0.0326 e. The van der Waals surface area contributed by atoms with Gasteiger partial charge in [-0.1, -0.05) is 18.9 Å². The van der Waals surface area contributed by atoms with Gasteiger partial charge in [0.05, 0.1) is 0 Å². The molecule has 0 unspecified atom stereocenters. The van der Waals surface area contributed by atoms with Crippen molar-refractivity contribution in [3.63, 3.8) is 0 Å². The van der Waals surface area contributed by atoms with Gasteiger partial charge in [-0.2, -0.15) is 0 Å². The highest BCUT2D eigenvalue weighted by Crippen LogP contribution is 2.44. The second-order valence-corrected chi connectivity index (χ2v) is 4.47. The molecule has 0 aromatic heterocycles. The van der Waals surface area contributed by atoms with Crippen molar-refractivity contribution < 1.29 is 0 Å². The summed E-state index contributed by atoms with van der Waals surface area (Å²) in [6, 6.07) is 0. The number of allylic oxidation sites excluding steroid dienone is 1. The van der Waals surface area contributed by atoms with Crippen molar-refractivity contribution in [2.45, 2.75) is 52.4 Å². The zero-order chi connectivity index (χ0) is 8.32. The Morgan fingerprint density at radius 2 is 2.09 bits per heavy atom. The molecule has 0 bridgehead atoms. The minimum atomic E-state index is 0.718. The van der Waals surface area contributed by atoms with Gasteiger partial charge in [-0.15, -0.1) is 6.58 Å². The summed E-state index contributed by atoms with van der Waals surface area (Å²) in [4.78, 5) is 0. The molecule has 11 heavy (non-hydrogen) atoms. The minimum Gasteiger partial charge on any atom is -0.100 e. The molecule has 0 nitrogen and oxygen atoms in total. The summed E-state index contributed by atoms with van der Waals surface area (Å²) < 4.78 is 0. The van der Waals surface area contributed by atoms with E-state index in [4.69, 9.17) is 0 Å². The Hall–Kier alpha value is -0.260. The fourth-order valence-corrected chi connectivity index (χ4v) is 1.85. The third-order valence-corrected chi connectivity index (χ3v) is 2.94. The van der Waals surface area contributed by atoms with E-state index < -0.39 is 0 Å². The minimum absolute atomic E-state index is 0.718. The fourth-order valence-electron chi connectivity index (χ4n) is 1.85. The van der Waals surface area contributed by atoms with E-state index in [1.165, 1.54) is 44.1 Å². The molecule has 0 aromatic rings. The quantitative estimate of drug-likeness (QED) is 0.535. The molecule has 1 fully saturated rings. The lowest BCUT2D eigenvalue weighted by Crippen LogP contribution is -2.25. The van der Waals surface area contributed by atoms with Crippen LogP contribution in [0.3, 0.4) is 0 Å². The van der Waals surface area contributed by atoms with Gasteiger partial charge in [0.1, 0.15) is 0 Å². The lowest BCUT2D eigenvalue weighted by Gasteiger charge is -2.38. The Morgan fingerprint density at radius 3 is 2.45 bits per heavy atom. The normalized spacial score (nSPS) is 20.9. The van der Waals surface area contributed by atoms with Crippen LogP contribution in [0.25, 0.3) is 0 Å². The van der Waals surface area contributed by atoms with Gasteiger partial charge in [-0.05, 0) is 44.4 Å². The summed E-state index contributed by atoms with van der Waals surface area (Å²) in [6.07, 6.45) is 8.39. The maximum atomic E-state index is 3.92. The summed E-state index contributed by atoms with van der Waals surface area (Å²) in [5.41, 5.74) is 2.06. The first-order valence-electron chi connectivity index (χ1n) is 4.77. The molecule has 0 spiro atoms. The maximum absolute atomic E-state index is 3.92. The van der Waals surface area contributed by atoms with Crippen LogP contribution in [0.1, 0.15) is 52.4 Å². The van der Waals surface area contributed by atoms with E-state index in [9.17, 15) is 0 Å². The first-order chi connectivity index (χ1) is 5.12. The third kappa shape index (κ3) is 2.69. The Labute approximate surface area is 70.7 Å². The summed E-state index contributed by atoms with van der Waals surface area (Å²) in [5.74, 6) is 0. The topological polar surface area (TPSA) is 0 Å². The molecule has 0 aliphatic heterocycles. The molecule has 1 saturated carbocycles. The Kier molecular flexibility index (Phi) is 2.75. The monoisotopic (exact) mass is 152 g/mol. The molecule has 1 aliphatic rings. The molecule has 1 rings (SSSR count). The van der Waals surface area contributed by atoms with Crippen molar-refractivity contribution >= 4 is 0 Å². The van der Waals surface area contributed by atoms with Crippen molar-refractivity contribution in [3.8, 4) is 0 Å². The molecular formula is C11H20. The summed E-state index contributed by atoms with van der Waals surface area (Å²) >= 11 is 0. The highest BCUT2D eigenvalue weighted by atomic mass is 14.4. The lowest BCUT2D eigenvalue weighted by atomic mass is 9.67. The van der Waals surface area contributed by atoms with E-state index in [-0.39, 0.29) is 0 Å². The molecular weight excluding hydrogens is 132 g/mol. The van der Waals surface area contributed by atoms with Crippen molar-refractivity contribution in [2.75, 3.05) is 0 Å². The molecule has 0 heterocycles. The predicted molar refractivity (Wildman–Crippen MR) is 50.6 cm³/mol.